The molecule has 0 radical (unpaired) electrons. The van der Waals surface area contributed by atoms with Crippen LogP contribution in [-0.4, -0.2) is 16.0 Å². The van der Waals surface area contributed by atoms with E-state index in [0.29, 0.717) is 16.1 Å². The Labute approximate surface area is 124 Å². The molecule has 1 unspecified atom stereocenters. The van der Waals surface area contributed by atoms with Gasteiger partial charge in [-0.15, -0.1) is 0 Å². The summed E-state index contributed by atoms with van der Waals surface area (Å²) in [7, 11) is -8.10. The highest BCUT2D eigenvalue weighted by molar-refractivity contribution is 8.57. The second kappa shape index (κ2) is 6.01. The zero-order valence-corrected chi connectivity index (χ0v) is 14.0. The van der Waals surface area contributed by atoms with Crippen LogP contribution in [0.1, 0.15) is 0 Å². The van der Waals surface area contributed by atoms with Gasteiger partial charge < -0.3 is 10.3 Å². The third-order valence-electron chi connectivity index (χ3n) is 1.80. The van der Waals surface area contributed by atoms with Crippen molar-refractivity contribution in [1.82, 2.24) is 4.67 Å². The van der Waals surface area contributed by atoms with E-state index in [1.54, 1.807) is 0 Å². The molecule has 0 bridgehead atoms. The van der Waals surface area contributed by atoms with Gasteiger partial charge in [-0.1, -0.05) is 0 Å². The normalized spacial score (nSPS) is 20.9. The Morgan fingerprint density at radius 1 is 1.14 bits per heavy atom. The Morgan fingerprint density at radius 3 is 2.05 bits per heavy atom. The molecule has 0 amide bonds. The first kappa shape index (κ1) is 18.7. The van der Waals surface area contributed by atoms with Gasteiger partial charge in [0.15, 0.2) is 5.50 Å². The highest BCUT2D eigenvalue weighted by atomic mass is 32.7. The average Bonchev–Trinajstić information content (AvgIpc) is 2.06. The Balaban J connectivity index is 3.28. The molecule has 0 aromatic carbocycles. The van der Waals surface area contributed by atoms with Crippen LogP contribution in [0.25, 0.3) is 0 Å². The molecule has 0 saturated carbocycles. The van der Waals surface area contributed by atoms with E-state index in [1.807, 2.05) is 0 Å². The van der Waals surface area contributed by atoms with Crippen molar-refractivity contribution in [2.45, 2.75) is 5.50 Å². The molecule has 0 fully saturated rings. The Hall–Kier alpha value is -0.390. The summed E-state index contributed by atoms with van der Waals surface area (Å²) in [5.74, 6) is -0.635. The molecule has 17 heteroatoms. The highest BCUT2D eigenvalue weighted by Gasteiger charge is 2.40. The predicted octanol–water partition coefficient (Wildman–Crippen LogP) is -1.39. The van der Waals surface area contributed by atoms with E-state index in [0.717, 1.165) is 6.08 Å². The van der Waals surface area contributed by atoms with Crippen LogP contribution < -0.4 is 38.8 Å². The number of rotatable bonds is 5. The third-order valence-corrected chi connectivity index (χ3v) is 5.90. The van der Waals surface area contributed by atoms with Gasteiger partial charge >= 0.3 is 15.3 Å². The van der Waals surface area contributed by atoms with Crippen LogP contribution in [0.4, 0.5) is 0 Å². The zero-order valence-electron chi connectivity index (χ0n) is 10.5. The van der Waals surface area contributed by atoms with Gasteiger partial charge in [0.05, 0.1) is 0 Å². The summed E-state index contributed by atoms with van der Waals surface area (Å²) in [6.45, 7) is -3.68. The van der Waals surface area contributed by atoms with Crippen LogP contribution >= 0.6 is 33.3 Å². The summed E-state index contributed by atoms with van der Waals surface area (Å²) in [6.07, 6.45) is 0.994. The molecular weight excluding hydrogens is 363 g/mol. The summed E-state index contributed by atoms with van der Waals surface area (Å²) in [4.78, 5) is 3.79. The van der Waals surface area contributed by atoms with Crippen LogP contribution in [-0.2, 0) is 18.2 Å². The van der Waals surface area contributed by atoms with Gasteiger partial charge in [0.25, 0.3) is 6.65 Å². The zero-order chi connectivity index (χ0) is 16.6. The van der Waals surface area contributed by atoms with Crippen molar-refractivity contribution in [2.75, 3.05) is 0 Å². The van der Waals surface area contributed by atoms with E-state index in [9.17, 15) is 13.7 Å². The van der Waals surface area contributed by atoms with Gasteiger partial charge in [-0.25, -0.2) is 25.2 Å². The first-order chi connectivity index (χ1) is 9.19. The number of hydrogen-bond acceptors (Lipinski definition) is 7. The molecular formula is C4H16N9O4P3S. The molecule has 0 aliphatic carbocycles. The number of nitrogens with zero attached hydrogens (tertiary/aromatic N) is 2. The Morgan fingerprint density at radius 2 is 1.67 bits per heavy atom. The van der Waals surface area contributed by atoms with E-state index in [-0.39, 0.29) is 5.84 Å². The van der Waals surface area contributed by atoms with Gasteiger partial charge in [-0.05, 0) is 11.4 Å². The maximum atomic E-state index is 12.0. The minimum Gasteiger partial charge on any atom is -0.405 e. The van der Waals surface area contributed by atoms with Gasteiger partial charge in [0.2, 0.25) is 5.88 Å². The summed E-state index contributed by atoms with van der Waals surface area (Å²) in [5.41, 5.74) is 35.4. The van der Waals surface area contributed by atoms with E-state index in [2.05, 4.69) is 4.99 Å². The molecule has 0 aromatic heterocycles. The van der Waals surface area contributed by atoms with Crippen molar-refractivity contribution in [3.05, 3.63) is 12.0 Å². The molecule has 122 valence electrons. The number of hydrogen-bond donors (Lipinski definition) is 7. The maximum Gasteiger partial charge on any atom is 0.386 e. The molecule has 1 aliphatic rings. The molecule has 0 spiro atoms. The molecule has 21 heavy (non-hydrogen) atoms. The lowest BCUT2D eigenvalue weighted by atomic mass is 10.5. The average molecular weight is 379 g/mol. The summed E-state index contributed by atoms with van der Waals surface area (Å²) in [6, 6.07) is 0. The second-order valence-corrected chi connectivity index (χ2v) is 11.4. The SMILES string of the molecule is NC1=NC(SP(N)(N)=O)N(P(N)(N)=O)C(OP(N)(N)=O)=C1. The standard InChI is InChI=1S/C4H16N9O4P3S/c5-2-1-3(17-19(8,9)15)13(18(6,7)14)4(12-2)21-20(10,11)16/h1,4H,(H2,5,12)(H4,6,7,14)(H4,8,9,15)(H4,10,11,16). The van der Waals surface area contributed by atoms with E-state index in [1.165, 1.54) is 0 Å². The van der Waals surface area contributed by atoms with Crippen molar-refractivity contribution in [3.63, 3.8) is 0 Å². The summed E-state index contributed by atoms with van der Waals surface area (Å²) >= 11 is 0.391. The smallest absolute Gasteiger partial charge is 0.386 e. The minimum atomic E-state index is -4.06. The largest absolute Gasteiger partial charge is 0.405 e. The van der Waals surface area contributed by atoms with E-state index < -0.39 is 33.3 Å². The lowest BCUT2D eigenvalue weighted by Crippen LogP contribution is -2.40. The highest BCUT2D eigenvalue weighted by Crippen LogP contribution is 2.54. The fourth-order valence-electron chi connectivity index (χ4n) is 1.26. The molecule has 1 heterocycles. The van der Waals surface area contributed by atoms with Crippen LogP contribution in [0.2, 0.25) is 0 Å². The number of amidine groups is 1. The van der Waals surface area contributed by atoms with Crippen molar-refractivity contribution in [2.24, 2.45) is 43.8 Å². The van der Waals surface area contributed by atoms with Gasteiger partial charge in [0, 0.05) is 6.08 Å². The number of aliphatic imine (C=N–C) groups is 1. The van der Waals surface area contributed by atoms with Crippen LogP contribution in [0.3, 0.4) is 0 Å². The van der Waals surface area contributed by atoms with Crippen LogP contribution in [0.15, 0.2) is 17.0 Å². The molecule has 1 aliphatic heterocycles. The van der Waals surface area contributed by atoms with Gasteiger partial charge in [-0.3, -0.25) is 31.1 Å². The lowest BCUT2D eigenvalue weighted by molar-refractivity contribution is 0.285. The monoisotopic (exact) mass is 379 g/mol. The van der Waals surface area contributed by atoms with Crippen molar-refractivity contribution in [3.8, 4) is 0 Å². The fourth-order valence-corrected chi connectivity index (χ4v) is 5.30. The second-order valence-electron chi connectivity index (χ2n) is 3.87. The molecule has 13 nitrogen and oxygen atoms in total. The number of nitrogens with two attached hydrogens (primary N) is 7. The van der Waals surface area contributed by atoms with E-state index >= 15 is 0 Å². The quantitative estimate of drug-likeness (QED) is 0.272. The lowest BCUT2D eigenvalue weighted by Gasteiger charge is -2.36. The molecule has 1 rings (SSSR count). The minimum absolute atomic E-state index is 0.172. The first-order valence-corrected chi connectivity index (χ1v) is 11.8. The van der Waals surface area contributed by atoms with E-state index in [4.69, 9.17) is 43.3 Å². The van der Waals surface area contributed by atoms with Gasteiger partial charge in [0.1, 0.15) is 5.84 Å². The molecule has 1 atom stereocenters. The Kier molecular flexibility index (Phi) is 5.34. The predicted molar refractivity (Wildman–Crippen MR) is 82.0 cm³/mol. The maximum absolute atomic E-state index is 12.0. The third kappa shape index (κ3) is 6.09. The van der Waals surface area contributed by atoms with Crippen molar-refractivity contribution >= 4 is 39.1 Å². The first-order valence-electron chi connectivity index (χ1n) is 4.93. The van der Waals surface area contributed by atoms with Crippen LogP contribution in [0, 0.1) is 0 Å². The van der Waals surface area contributed by atoms with Gasteiger partial charge in [-0.2, -0.15) is 0 Å². The Bertz CT molecular complexity index is 616. The fraction of sp³-hybridized carbons (Fsp3) is 0.250. The topological polar surface area (TPSA) is 258 Å². The summed E-state index contributed by atoms with van der Waals surface area (Å²) < 4.78 is 40.2. The molecule has 0 saturated heterocycles. The van der Waals surface area contributed by atoms with Crippen molar-refractivity contribution < 1.29 is 18.2 Å². The summed E-state index contributed by atoms with van der Waals surface area (Å²) in [5, 5.41) is 0. The molecule has 14 N–H and O–H groups in total. The molecule has 0 aromatic rings. The van der Waals surface area contributed by atoms with Crippen molar-refractivity contribution in [1.29, 1.82) is 0 Å². The van der Waals surface area contributed by atoms with Crippen LogP contribution in [0.5, 0.6) is 0 Å².